The Bertz CT molecular complexity index is 664. The maximum absolute atomic E-state index is 5.26. The van der Waals surface area contributed by atoms with Crippen molar-refractivity contribution in [1.29, 1.82) is 0 Å². The number of halogens is 1. The first-order valence-electron chi connectivity index (χ1n) is 8.64. The van der Waals surface area contributed by atoms with Gasteiger partial charge in [-0.3, -0.25) is 0 Å². The van der Waals surface area contributed by atoms with Gasteiger partial charge in [-0.15, -0.1) is 24.0 Å². The Morgan fingerprint density at radius 1 is 1.08 bits per heavy atom. The van der Waals surface area contributed by atoms with Crippen LogP contribution in [-0.2, 0) is 6.54 Å². The molecule has 2 rings (SSSR count). The average Bonchev–Trinajstić information content (AvgIpc) is 2.66. The zero-order valence-corrected chi connectivity index (χ0v) is 18.1. The van der Waals surface area contributed by atoms with Crippen molar-refractivity contribution < 1.29 is 4.74 Å². The Hall–Kier alpha value is -1.96. The predicted molar refractivity (Wildman–Crippen MR) is 121 cm³/mol. The van der Waals surface area contributed by atoms with E-state index in [9.17, 15) is 0 Å². The highest BCUT2D eigenvalue weighted by molar-refractivity contribution is 14.0. The summed E-state index contributed by atoms with van der Waals surface area (Å²) in [6, 6.07) is 18.4. The van der Waals surface area contributed by atoms with E-state index in [1.165, 1.54) is 5.69 Å². The van der Waals surface area contributed by atoms with Crippen molar-refractivity contribution >= 4 is 35.6 Å². The number of aliphatic imine (C=N–C) groups is 1. The second-order valence-electron chi connectivity index (χ2n) is 5.73. The van der Waals surface area contributed by atoms with Crippen LogP contribution in [0, 0.1) is 0 Å². The molecule has 0 saturated heterocycles. The first-order valence-corrected chi connectivity index (χ1v) is 8.64. The van der Waals surface area contributed by atoms with Crippen LogP contribution in [0.15, 0.2) is 59.6 Å². The van der Waals surface area contributed by atoms with Gasteiger partial charge in [0, 0.05) is 32.4 Å². The monoisotopic (exact) mass is 468 g/mol. The molecule has 0 heterocycles. The lowest BCUT2D eigenvalue weighted by Gasteiger charge is -2.20. The number of likely N-dealkylation sites (N-methyl/N-ethyl adjacent to an activating group) is 1. The molecule has 2 N–H and O–H groups in total. The molecule has 0 aliphatic rings. The van der Waals surface area contributed by atoms with E-state index in [-0.39, 0.29) is 24.0 Å². The fraction of sp³-hybridized carbons (Fsp3) is 0.350. The molecule has 0 unspecified atom stereocenters. The number of nitrogens with zero attached hydrogens (tertiary/aromatic N) is 2. The third-order valence-corrected chi connectivity index (χ3v) is 3.83. The van der Waals surface area contributed by atoms with E-state index in [2.05, 4.69) is 64.8 Å². The average molecular weight is 468 g/mol. The van der Waals surface area contributed by atoms with Gasteiger partial charge in [-0.05, 0) is 36.8 Å². The molecule has 0 atom stereocenters. The highest BCUT2D eigenvalue weighted by atomic mass is 127. The largest absolute Gasteiger partial charge is 0.497 e. The first kappa shape index (κ1) is 22.1. The summed E-state index contributed by atoms with van der Waals surface area (Å²) in [6.45, 7) is 5.22. The molecular weight excluding hydrogens is 439 g/mol. The van der Waals surface area contributed by atoms with Gasteiger partial charge in [0.15, 0.2) is 5.96 Å². The van der Waals surface area contributed by atoms with Gasteiger partial charge in [0.05, 0.1) is 13.7 Å². The molecule has 0 fully saturated rings. The van der Waals surface area contributed by atoms with Crippen molar-refractivity contribution in [3.05, 3.63) is 60.2 Å². The van der Waals surface area contributed by atoms with E-state index < -0.39 is 0 Å². The van der Waals surface area contributed by atoms with Crippen molar-refractivity contribution in [3.63, 3.8) is 0 Å². The van der Waals surface area contributed by atoms with Crippen LogP contribution in [0.2, 0.25) is 0 Å². The number of para-hydroxylation sites is 1. The smallest absolute Gasteiger partial charge is 0.191 e. The maximum atomic E-state index is 5.26. The predicted octanol–water partition coefficient (Wildman–Crippen LogP) is 3.50. The van der Waals surface area contributed by atoms with Crippen LogP contribution in [0.3, 0.4) is 0 Å². The lowest BCUT2D eigenvalue weighted by Crippen LogP contribution is -2.41. The Morgan fingerprint density at radius 2 is 1.85 bits per heavy atom. The zero-order valence-electron chi connectivity index (χ0n) is 15.7. The normalized spacial score (nSPS) is 10.7. The summed E-state index contributed by atoms with van der Waals surface area (Å²) in [5, 5.41) is 6.67. The van der Waals surface area contributed by atoms with Crippen LogP contribution in [0.1, 0.15) is 12.5 Å². The van der Waals surface area contributed by atoms with Gasteiger partial charge in [0.2, 0.25) is 0 Å². The van der Waals surface area contributed by atoms with Gasteiger partial charge in [-0.1, -0.05) is 30.3 Å². The molecule has 5 nitrogen and oxygen atoms in total. The van der Waals surface area contributed by atoms with E-state index in [0.29, 0.717) is 6.54 Å². The molecule has 0 aliphatic heterocycles. The number of methoxy groups -OCH3 is 1. The van der Waals surface area contributed by atoms with Crippen molar-refractivity contribution in [2.75, 3.05) is 38.7 Å². The number of nitrogens with one attached hydrogen (secondary N) is 2. The summed E-state index contributed by atoms with van der Waals surface area (Å²) < 4.78 is 5.26. The van der Waals surface area contributed by atoms with Crippen molar-refractivity contribution in [2.24, 2.45) is 4.99 Å². The van der Waals surface area contributed by atoms with Gasteiger partial charge in [-0.2, -0.15) is 0 Å². The molecule has 0 amide bonds. The Balaban J connectivity index is 0.00000338. The lowest BCUT2D eigenvalue weighted by atomic mass is 10.2. The van der Waals surface area contributed by atoms with E-state index >= 15 is 0 Å². The molecule has 0 bridgehead atoms. The Kier molecular flexibility index (Phi) is 10.5. The SMILES string of the molecule is CCNC(=NCc1cccc(OC)c1)NCCN(C)c1ccccc1.I. The van der Waals surface area contributed by atoms with Gasteiger partial charge >= 0.3 is 0 Å². The summed E-state index contributed by atoms with van der Waals surface area (Å²) in [7, 11) is 3.77. The van der Waals surface area contributed by atoms with Crippen LogP contribution >= 0.6 is 24.0 Å². The molecule has 0 saturated carbocycles. The van der Waals surface area contributed by atoms with Gasteiger partial charge < -0.3 is 20.3 Å². The van der Waals surface area contributed by atoms with Crippen LogP contribution in [0.5, 0.6) is 5.75 Å². The van der Waals surface area contributed by atoms with E-state index in [1.807, 2.05) is 24.3 Å². The summed E-state index contributed by atoms with van der Waals surface area (Å²) in [4.78, 5) is 6.87. The summed E-state index contributed by atoms with van der Waals surface area (Å²) in [5.74, 6) is 1.68. The van der Waals surface area contributed by atoms with Crippen molar-refractivity contribution in [1.82, 2.24) is 10.6 Å². The third kappa shape index (κ3) is 7.51. The van der Waals surface area contributed by atoms with Crippen molar-refractivity contribution in [3.8, 4) is 5.75 Å². The molecule has 142 valence electrons. The quantitative estimate of drug-likeness (QED) is 0.354. The van der Waals surface area contributed by atoms with Crippen LogP contribution in [0.4, 0.5) is 5.69 Å². The van der Waals surface area contributed by atoms with Crippen LogP contribution in [0.25, 0.3) is 0 Å². The number of hydrogen-bond donors (Lipinski definition) is 2. The third-order valence-electron chi connectivity index (χ3n) is 3.83. The molecule has 0 spiro atoms. The number of rotatable bonds is 8. The van der Waals surface area contributed by atoms with E-state index in [4.69, 9.17) is 4.74 Å². The topological polar surface area (TPSA) is 48.9 Å². The van der Waals surface area contributed by atoms with Crippen LogP contribution in [-0.4, -0.2) is 39.8 Å². The minimum atomic E-state index is 0. The highest BCUT2D eigenvalue weighted by Gasteiger charge is 2.02. The standard InChI is InChI=1S/C20H28N4O.HI/c1-4-21-20(23-16-17-9-8-12-19(15-17)25-3)22-13-14-24(2)18-10-6-5-7-11-18;/h5-12,15H,4,13-14,16H2,1-3H3,(H2,21,22,23);1H. The lowest BCUT2D eigenvalue weighted by molar-refractivity contribution is 0.414. The zero-order chi connectivity index (χ0) is 17.9. The highest BCUT2D eigenvalue weighted by Crippen LogP contribution is 2.13. The molecule has 26 heavy (non-hydrogen) atoms. The number of benzene rings is 2. The van der Waals surface area contributed by atoms with Gasteiger partial charge in [-0.25, -0.2) is 4.99 Å². The fourth-order valence-electron chi connectivity index (χ4n) is 2.44. The fourth-order valence-corrected chi connectivity index (χ4v) is 2.44. The molecule has 0 aromatic heterocycles. The summed E-state index contributed by atoms with van der Waals surface area (Å²) in [5.41, 5.74) is 2.33. The number of hydrogen-bond acceptors (Lipinski definition) is 3. The first-order chi connectivity index (χ1) is 12.2. The summed E-state index contributed by atoms with van der Waals surface area (Å²) in [6.07, 6.45) is 0. The summed E-state index contributed by atoms with van der Waals surface area (Å²) >= 11 is 0. The minimum absolute atomic E-state index is 0. The molecular formula is C20H29IN4O. The minimum Gasteiger partial charge on any atom is -0.497 e. The Labute approximate surface area is 173 Å². The number of anilines is 1. The van der Waals surface area contributed by atoms with Crippen LogP contribution < -0.4 is 20.3 Å². The van der Waals surface area contributed by atoms with E-state index in [0.717, 1.165) is 36.9 Å². The number of guanidine groups is 1. The molecule has 0 radical (unpaired) electrons. The number of ether oxygens (including phenoxy) is 1. The molecule has 6 heteroatoms. The maximum Gasteiger partial charge on any atom is 0.191 e. The van der Waals surface area contributed by atoms with Crippen molar-refractivity contribution in [2.45, 2.75) is 13.5 Å². The second-order valence-corrected chi connectivity index (χ2v) is 5.73. The Morgan fingerprint density at radius 3 is 2.54 bits per heavy atom. The molecule has 2 aromatic rings. The molecule has 0 aliphatic carbocycles. The molecule has 2 aromatic carbocycles. The van der Waals surface area contributed by atoms with Gasteiger partial charge in [0.25, 0.3) is 0 Å². The van der Waals surface area contributed by atoms with E-state index in [1.54, 1.807) is 7.11 Å². The second kappa shape index (κ2) is 12.4. The van der Waals surface area contributed by atoms with Gasteiger partial charge in [0.1, 0.15) is 5.75 Å².